The van der Waals surface area contributed by atoms with E-state index >= 15 is 0 Å². The van der Waals surface area contributed by atoms with Crippen molar-refractivity contribution in [2.75, 3.05) is 42.9 Å². The van der Waals surface area contributed by atoms with Gasteiger partial charge in [0.25, 0.3) is 5.91 Å². The van der Waals surface area contributed by atoms with Gasteiger partial charge in [-0.3, -0.25) is 4.79 Å². The Hall–Kier alpha value is -3.20. The van der Waals surface area contributed by atoms with Crippen molar-refractivity contribution in [3.8, 4) is 0 Å². The molecule has 150 valence electrons. The van der Waals surface area contributed by atoms with Crippen molar-refractivity contribution in [1.82, 2.24) is 30.2 Å². The molecule has 0 aliphatic carbocycles. The average molecular weight is 392 g/mol. The molecule has 1 saturated heterocycles. The normalized spacial score (nSPS) is 18.4. The number of hydrogen-bond donors (Lipinski definition) is 3. The highest BCUT2D eigenvalue weighted by Crippen LogP contribution is 2.29. The Morgan fingerprint density at radius 1 is 1.14 bits per heavy atom. The molecule has 1 fully saturated rings. The van der Waals surface area contributed by atoms with Gasteiger partial charge in [0.15, 0.2) is 0 Å². The lowest BCUT2D eigenvalue weighted by Crippen LogP contribution is -2.48. The number of hydrogen-bond acceptors (Lipinski definition) is 7. The molecule has 0 bridgehead atoms. The van der Waals surface area contributed by atoms with Gasteiger partial charge in [-0.1, -0.05) is 0 Å². The van der Waals surface area contributed by atoms with Gasteiger partial charge in [-0.25, -0.2) is 9.97 Å². The van der Waals surface area contributed by atoms with Crippen LogP contribution in [-0.2, 0) is 5.54 Å². The summed E-state index contributed by atoms with van der Waals surface area (Å²) in [7, 11) is 0. The van der Waals surface area contributed by atoms with Crippen LogP contribution in [0.5, 0.6) is 0 Å². The molecule has 0 spiro atoms. The lowest BCUT2D eigenvalue weighted by atomic mass is 10.0. The molecule has 3 aromatic heterocycles. The van der Waals surface area contributed by atoms with Gasteiger partial charge in [0.05, 0.1) is 17.4 Å². The quantitative estimate of drug-likeness (QED) is 0.620. The monoisotopic (exact) mass is 392 g/mol. The summed E-state index contributed by atoms with van der Waals surface area (Å²) in [5.74, 6) is 1.07. The van der Waals surface area contributed by atoms with E-state index in [-0.39, 0.29) is 11.4 Å². The van der Waals surface area contributed by atoms with Crippen LogP contribution in [0.3, 0.4) is 0 Å². The molecule has 5 heterocycles. The van der Waals surface area contributed by atoms with Crippen LogP contribution in [-0.4, -0.2) is 58.1 Å². The Morgan fingerprint density at radius 3 is 2.72 bits per heavy atom. The van der Waals surface area contributed by atoms with Crippen LogP contribution in [0.15, 0.2) is 30.6 Å². The van der Waals surface area contributed by atoms with Crippen LogP contribution in [0, 0.1) is 0 Å². The third-order valence-electron chi connectivity index (χ3n) is 5.53. The van der Waals surface area contributed by atoms with Crippen LogP contribution < -0.4 is 20.9 Å². The van der Waals surface area contributed by atoms with Crippen molar-refractivity contribution in [2.24, 2.45) is 0 Å². The molecule has 3 aromatic rings. The number of amides is 1. The van der Waals surface area contributed by atoms with Gasteiger partial charge < -0.3 is 25.4 Å². The molecule has 0 radical (unpaired) electrons. The minimum absolute atomic E-state index is 0.0815. The SMILES string of the molecule is CC1(C)CNC(=O)c2cc3cnc(Nc4ccc(N5CCNCC5)cn4)nc3n21. The molecular formula is C20H24N8O. The maximum atomic E-state index is 12.3. The fraction of sp³-hybridized carbons (Fsp3) is 0.400. The molecule has 1 amide bonds. The Bertz CT molecular complexity index is 1070. The summed E-state index contributed by atoms with van der Waals surface area (Å²) in [6, 6.07) is 5.84. The Morgan fingerprint density at radius 2 is 1.97 bits per heavy atom. The molecule has 0 atom stereocenters. The number of rotatable bonds is 3. The summed E-state index contributed by atoms with van der Waals surface area (Å²) in [5, 5.41) is 10.3. The summed E-state index contributed by atoms with van der Waals surface area (Å²) >= 11 is 0. The van der Waals surface area contributed by atoms with Gasteiger partial charge in [0.1, 0.15) is 17.2 Å². The molecule has 3 N–H and O–H groups in total. The highest BCUT2D eigenvalue weighted by molar-refractivity contribution is 5.99. The number of aromatic nitrogens is 4. The first kappa shape index (κ1) is 17.9. The van der Waals surface area contributed by atoms with Crippen molar-refractivity contribution in [3.63, 3.8) is 0 Å². The van der Waals surface area contributed by atoms with E-state index in [1.807, 2.05) is 22.9 Å². The molecule has 29 heavy (non-hydrogen) atoms. The number of nitrogens with one attached hydrogen (secondary N) is 3. The Kier molecular flexibility index (Phi) is 4.13. The van der Waals surface area contributed by atoms with Crippen LogP contribution in [0.2, 0.25) is 0 Å². The van der Waals surface area contributed by atoms with Crippen LogP contribution in [0.4, 0.5) is 17.5 Å². The van der Waals surface area contributed by atoms with E-state index in [0.717, 1.165) is 42.9 Å². The van der Waals surface area contributed by atoms with Gasteiger partial charge in [0, 0.05) is 44.3 Å². The Balaban J connectivity index is 1.43. The summed E-state index contributed by atoms with van der Waals surface area (Å²) in [5.41, 5.74) is 2.21. The molecule has 5 rings (SSSR count). The number of pyridine rings is 1. The number of piperazine rings is 1. The zero-order chi connectivity index (χ0) is 20.0. The van der Waals surface area contributed by atoms with Gasteiger partial charge in [-0.15, -0.1) is 0 Å². The largest absolute Gasteiger partial charge is 0.368 e. The number of nitrogens with zero attached hydrogens (tertiary/aromatic N) is 5. The first-order valence-electron chi connectivity index (χ1n) is 9.87. The molecule has 0 saturated carbocycles. The summed E-state index contributed by atoms with van der Waals surface area (Å²) in [6.45, 7) is 8.67. The maximum Gasteiger partial charge on any atom is 0.268 e. The smallest absolute Gasteiger partial charge is 0.268 e. The molecule has 9 heteroatoms. The molecule has 2 aliphatic heterocycles. The number of carbonyl (C=O) groups excluding carboxylic acids is 1. The standard InChI is InChI=1S/C20H24N8O/c1-20(2)12-24-18(29)15-9-13-10-23-19(26-17(13)28(15)20)25-16-4-3-14(11-22-16)27-7-5-21-6-8-27/h3-4,9-11,21H,5-8,12H2,1-2H3,(H,24,29)(H,22,23,25,26). The van der Waals surface area contributed by atoms with Gasteiger partial charge in [-0.05, 0) is 32.0 Å². The zero-order valence-corrected chi connectivity index (χ0v) is 16.6. The zero-order valence-electron chi connectivity index (χ0n) is 16.6. The predicted octanol–water partition coefficient (Wildman–Crippen LogP) is 1.46. The molecule has 0 unspecified atom stereocenters. The fourth-order valence-electron chi connectivity index (χ4n) is 3.98. The Labute approximate surface area is 168 Å². The van der Waals surface area contributed by atoms with E-state index < -0.39 is 0 Å². The fourth-order valence-corrected chi connectivity index (χ4v) is 3.98. The lowest BCUT2D eigenvalue weighted by Gasteiger charge is -2.33. The minimum Gasteiger partial charge on any atom is -0.368 e. The van der Waals surface area contributed by atoms with Gasteiger partial charge in [0.2, 0.25) is 5.95 Å². The van der Waals surface area contributed by atoms with Crippen molar-refractivity contribution in [2.45, 2.75) is 19.4 Å². The molecule has 2 aliphatic rings. The number of fused-ring (bicyclic) bond motifs is 3. The van der Waals surface area contributed by atoms with Gasteiger partial charge in [-0.2, -0.15) is 4.98 Å². The minimum atomic E-state index is -0.264. The second kappa shape index (κ2) is 6.70. The second-order valence-corrected chi connectivity index (χ2v) is 8.10. The van der Waals surface area contributed by atoms with E-state index in [4.69, 9.17) is 0 Å². The van der Waals surface area contributed by atoms with Crippen LogP contribution in [0.1, 0.15) is 24.3 Å². The van der Waals surface area contributed by atoms with Crippen LogP contribution >= 0.6 is 0 Å². The molecular weight excluding hydrogens is 368 g/mol. The first-order valence-corrected chi connectivity index (χ1v) is 9.87. The summed E-state index contributed by atoms with van der Waals surface area (Å²) in [4.78, 5) is 28.2. The highest BCUT2D eigenvalue weighted by Gasteiger charge is 2.33. The number of carbonyl (C=O) groups is 1. The van der Waals surface area contributed by atoms with E-state index in [9.17, 15) is 4.79 Å². The summed E-state index contributed by atoms with van der Waals surface area (Å²) < 4.78 is 1.99. The maximum absolute atomic E-state index is 12.3. The molecule has 9 nitrogen and oxygen atoms in total. The van der Waals surface area contributed by atoms with Crippen molar-refractivity contribution in [3.05, 3.63) is 36.3 Å². The van der Waals surface area contributed by atoms with E-state index in [0.29, 0.717) is 24.0 Å². The third kappa shape index (κ3) is 3.17. The average Bonchev–Trinajstić information content (AvgIpc) is 3.13. The predicted molar refractivity (Wildman–Crippen MR) is 112 cm³/mol. The van der Waals surface area contributed by atoms with Crippen molar-refractivity contribution < 1.29 is 4.79 Å². The van der Waals surface area contributed by atoms with E-state index in [2.05, 4.69) is 55.7 Å². The second-order valence-electron chi connectivity index (χ2n) is 8.10. The van der Waals surface area contributed by atoms with Crippen molar-refractivity contribution >= 4 is 34.4 Å². The first-order chi connectivity index (χ1) is 14.0. The van der Waals surface area contributed by atoms with Gasteiger partial charge >= 0.3 is 0 Å². The van der Waals surface area contributed by atoms with Crippen LogP contribution in [0.25, 0.3) is 11.0 Å². The van der Waals surface area contributed by atoms with Crippen molar-refractivity contribution in [1.29, 1.82) is 0 Å². The lowest BCUT2D eigenvalue weighted by molar-refractivity contribution is 0.0891. The highest BCUT2D eigenvalue weighted by atomic mass is 16.2. The topological polar surface area (TPSA) is 100 Å². The van der Waals surface area contributed by atoms with E-state index in [1.54, 1.807) is 6.20 Å². The third-order valence-corrected chi connectivity index (χ3v) is 5.53. The summed E-state index contributed by atoms with van der Waals surface area (Å²) in [6.07, 6.45) is 3.62. The number of anilines is 3. The van der Waals surface area contributed by atoms with E-state index in [1.165, 1.54) is 0 Å². The molecule has 0 aromatic carbocycles.